The predicted octanol–water partition coefficient (Wildman–Crippen LogP) is 4.00. The maximum absolute atomic E-state index is 12.7. The lowest BCUT2D eigenvalue weighted by Crippen LogP contribution is -2.16. The molecule has 106 valence electrons. The minimum absolute atomic E-state index is 0.158. The van der Waals surface area contributed by atoms with Crippen LogP contribution in [0, 0.1) is 0 Å². The third-order valence-corrected chi connectivity index (χ3v) is 3.69. The molecule has 0 aliphatic heterocycles. The van der Waals surface area contributed by atoms with Crippen molar-refractivity contribution in [1.82, 2.24) is 9.78 Å². The summed E-state index contributed by atoms with van der Waals surface area (Å²) >= 11 is 0. The zero-order chi connectivity index (χ0) is 14.3. The van der Waals surface area contributed by atoms with E-state index in [1.807, 2.05) is 0 Å². The molecule has 0 atom stereocenters. The van der Waals surface area contributed by atoms with Gasteiger partial charge in [0.25, 0.3) is 0 Å². The fourth-order valence-corrected chi connectivity index (χ4v) is 2.27. The lowest BCUT2D eigenvalue weighted by molar-refractivity contribution is -0.137. The monoisotopic (exact) mass is 282 g/mol. The van der Waals surface area contributed by atoms with Crippen LogP contribution in [-0.2, 0) is 6.18 Å². The normalized spacial score (nSPS) is 16.1. The molecule has 1 fully saturated rings. The number of hydrogen-bond donors (Lipinski definition) is 1. The number of nitrogens with zero attached hydrogens (tertiary/aromatic N) is 2. The highest BCUT2D eigenvalue weighted by molar-refractivity contribution is 5.69. The zero-order valence-electron chi connectivity index (χ0n) is 10.6. The van der Waals surface area contributed by atoms with E-state index in [0.717, 1.165) is 37.5 Å². The van der Waals surface area contributed by atoms with Crippen LogP contribution in [0.5, 0.6) is 5.75 Å². The Kier molecular flexibility index (Phi) is 2.96. The summed E-state index contributed by atoms with van der Waals surface area (Å²) < 4.78 is 39.9. The summed E-state index contributed by atoms with van der Waals surface area (Å²) in [5.74, 6) is -0.175. The molecule has 1 aromatic heterocycles. The van der Waals surface area contributed by atoms with Crippen LogP contribution < -0.4 is 0 Å². The first-order chi connectivity index (χ1) is 9.45. The van der Waals surface area contributed by atoms with E-state index in [0.29, 0.717) is 11.6 Å². The third kappa shape index (κ3) is 2.26. The van der Waals surface area contributed by atoms with Gasteiger partial charge in [0, 0.05) is 17.3 Å². The molecule has 3 rings (SSSR count). The molecule has 0 radical (unpaired) electrons. The van der Waals surface area contributed by atoms with E-state index in [-0.39, 0.29) is 11.3 Å². The van der Waals surface area contributed by atoms with E-state index in [9.17, 15) is 18.3 Å². The smallest absolute Gasteiger partial charge is 0.416 e. The summed E-state index contributed by atoms with van der Waals surface area (Å²) in [5, 5.41) is 13.9. The molecule has 6 heteroatoms. The molecule has 0 unspecified atom stereocenters. The number of benzene rings is 1. The maximum Gasteiger partial charge on any atom is 0.416 e. The van der Waals surface area contributed by atoms with Gasteiger partial charge in [0.15, 0.2) is 0 Å². The predicted molar refractivity (Wildman–Crippen MR) is 67.2 cm³/mol. The van der Waals surface area contributed by atoms with Gasteiger partial charge in [-0.1, -0.05) is 0 Å². The van der Waals surface area contributed by atoms with Gasteiger partial charge in [0.1, 0.15) is 5.75 Å². The van der Waals surface area contributed by atoms with Gasteiger partial charge in [-0.15, -0.1) is 0 Å². The highest BCUT2D eigenvalue weighted by Crippen LogP contribution is 2.38. The van der Waals surface area contributed by atoms with Crippen molar-refractivity contribution < 1.29 is 18.3 Å². The van der Waals surface area contributed by atoms with Gasteiger partial charge in [0.05, 0.1) is 17.8 Å². The van der Waals surface area contributed by atoms with Crippen LogP contribution in [0.3, 0.4) is 0 Å². The lowest BCUT2D eigenvalue weighted by Gasteiger charge is -2.25. The molecule has 0 saturated heterocycles. The van der Waals surface area contributed by atoms with Gasteiger partial charge in [-0.2, -0.15) is 18.3 Å². The Bertz CT molecular complexity index is 630. The number of aromatic hydroxyl groups is 1. The van der Waals surface area contributed by atoms with Crippen LogP contribution in [0.2, 0.25) is 0 Å². The van der Waals surface area contributed by atoms with Gasteiger partial charge in [-0.3, -0.25) is 4.68 Å². The SMILES string of the molecule is Oc1ccc(C(F)(F)F)cc1-c1cnn(C2CCC2)c1. The van der Waals surface area contributed by atoms with Crippen LogP contribution in [0.15, 0.2) is 30.6 Å². The van der Waals surface area contributed by atoms with Crippen LogP contribution in [0.25, 0.3) is 11.1 Å². The minimum atomic E-state index is -4.42. The van der Waals surface area contributed by atoms with Crippen molar-refractivity contribution in [2.45, 2.75) is 31.5 Å². The summed E-state index contributed by atoms with van der Waals surface area (Å²) in [6.45, 7) is 0. The second-order valence-corrected chi connectivity index (χ2v) is 5.02. The fraction of sp³-hybridized carbons (Fsp3) is 0.357. The Morgan fingerprint density at radius 1 is 1.25 bits per heavy atom. The molecular formula is C14H13F3N2O. The minimum Gasteiger partial charge on any atom is -0.507 e. The second-order valence-electron chi connectivity index (χ2n) is 5.02. The van der Waals surface area contributed by atoms with Crippen LogP contribution >= 0.6 is 0 Å². The molecule has 1 heterocycles. The Balaban J connectivity index is 1.98. The van der Waals surface area contributed by atoms with Crippen molar-refractivity contribution in [2.24, 2.45) is 0 Å². The number of rotatable bonds is 2. The molecule has 1 aliphatic carbocycles. The second kappa shape index (κ2) is 4.54. The summed E-state index contributed by atoms with van der Waals surface area (Å²) in [4.78, 5) is 0. The molecule has 1 aromatic carbocycles. The van der Waals surface area contributed by atoms with Crippen LogP contribution in [0.1, 0.15) is 30.9 Å². The van der Waals surface area contributed by atoms with Gasteiger partial charge in [0.2, 0.25) is 0 Å². The summed E-state index contributed by atoms with van der Waals surface area (Å²) in [7, 11) is 0. The lowest BCUT2D eigenvalue weighted by atomic mass is 9.93. The van der Waals surface area contributed by atoms with E-state index in [2.05, 4.69) is 5.10 Å². The van der Waals surface area contributed by atoms with Crippen molar-refractivity contribution >= 4 is 0 Å². The Hall–Kier alpha value is -1.98. The average Bonchev–Trinajstić information content (AvgIpc) is 2.74. The number of phenols is 1. The van der Waals surface area contributed by atoms with E-state index in [1.165, 1.54) is 6.20 Å². The van der Waals surface area contributed by atoms with Crippen molar-refractivity contribution in [1.29, 1.82) is 0 Å². The zero-order valence-corrected chi connectivity index (χ0v) is 10.6. The van der Waals surface area contributed by atoms with E-state index in [1.54, 1.807) is 10.9 Å². The summed E-state index contributed by atoms with van der Waals surface area (Å²) in [5.41, 5.74) is -0.118. The first-order valence-electron chi connectivity index (χ1n) is 6.40. The van der Waals surface area contributed by atoms with E-state index >= 15 is 0 Å². The third-order valence-electron chi connectivity index (χ3n) is 3.69. The van der Waals surface area contributed by atoms with E-state index in [4.69, 9.17) is 0 Å². The van der Waals surface area contributed by atoms with Crippen LogP contribution in [0.4, 0.5) is 13.2 Å². The molecule has 0 spiro atoms. The van der Waals surface area contributed by atoms with Crippen molar-refractivity contribution in [2.75, 3.05) is 0 Å². The average molecular weight is 282 g/mol. The standard InChI is InChI=1S/C14H13F3N2O/c15-14(16,17)10-4-5-13(20)12(6-10)9-7-18-19(8-9)11-2-1-3-11/h4-8,11,20H,1-3H2. The summed E-state index contributed by atoms with van der Waals surface area (Å²) in [6.07, 6.45) is 1.99. The van der Waals surface area contributed by atoms with Gasteiger partial charge in [-0.05, 0) is 37.5 Å². The van der Waals surface area contributed by atoms with Gasteiger partial charge >= 0.3 is 6.18 Å². The Morgan fingerprint density at radius 3 is 2.60 bits per heavy atom. The van der Waals surface area contributed by atoms with Crippen molar-refractivity contribution in [3.8, 4) is 16.9 Å². The Labute approximate surface area is 113 Å². The Morgan fingerprint density at radius 2 is 2.00 bits per heavy atom. The molecular weight excluding hydrogens is 269 g/mol. The molecule has 2 aromatic rings. The topological polar surface area (TPSA) is 38.1 Å². The largest absolute Gasteiger partial charge is 0.507 e. The highest BCUT2D eigenvalue weighted by Gasteiger charge is 2.31. The number of phenolic OH excluding ortho intramolecular Hbond substituents is 1. The molecule has 20 heavy (non-hydrogen) atoms. The number of aromatic nitrogens is 2. The van der Waals surface area contributed by atoms with Crippen LogP contribution in [-0.4, -0.2) is 14.9 Å². The molecule has 1 N–H and O–H groups in total. The first-order valence-corrected chi connectivity index (χ1v) is 6.40. The molecule has 1 aliphatic rings. The van der Waals surface area contributed by atoms with Gasteiger partial charge < -0.3 is 5.11 Å². The molecule has 1 saturated carbocycles. The quantitative estimate of drug-likeness (QED) is 0.904. The van der Waals surface area contributed by atoms with E-state index < -0.39 is 11.7 Å². The summed E-state index contributed by atoms with van der Waals surface area (Å²) in [6, 6.07) is 3.22. The highest BCUT2D eigenvalue weighted by atomic mass is 19.4. The fourth-order valence-electron chi connectivity index (χ4n) is 2.27. The first kappa shape index (κ1) is 13.0. The van der Waals surface area contributed by atoms with Gasteiger partial charge in [-0.25, -0.2) is 0 Å². The number of halogens is 3. The maximum atomic E-state index is 12.7. The molecule has 3 nitrogen and oxygen atoms in total. The van der Waals surface area contributed by atoms with Crippen molar-refractivity contribution in [3.05, 3.63) is 36.2 Å². The number of hydrogen-bond acceptors (Lipinski definition) is 2. The van der Waals surface area contributed by atoms with Crippen molar-refractivity contribution in [3.63, 3.8) is 0 Å². The molecule has 0 bridgehead atoms. The molecule has 0 amide bonds. The number of alkyl halides is 3.